The molecular formula is C59H37N5O. The third-order valence-corrected chi connectivity index (χ3v) is 12.9. The number of hydrogen-bond acceptors (Lipinski definition) is 4. The molecule has 304 valence electrons. The lowest BCUT2D eigenvalue weighted by molar-refractivity contribution is 0.669. The van der Waals surface area contributed by atoms with Gasteiger partial charge in [0, 0.05) is 43.7 Å². The van der Waals surface area contributed by atoms with Gasteiger partial charge in [0.05, 0.1) is 38.7 Å². The second-order valence-corrected chi connectivity index (χ2v) is 16.5. The Balaban J connectivity index is 1.06. The molecule has 9 aromatic carbocycles. The molecule has 4 aromatic heterocycles. The summed E-state index contributed by atoms with van der Waals surface area (Å²) in [5, 5.41) is 9.04. The van der Waals surface area contributed by atoms with Crippen LogP contribution in [0.2, 0.25) is 0 Å². The van der Waals surface area contributed by atoms with E-state index in [1.54, 1.807) is 6.08 Å². The minimum Gasteiger partial charge on any atom is -0.455 e. The molecule has 0 fully saturated rings. The quantitative estimate of drug-likeness (QED) is 0.150. The Kier molecular flexibility index (Phi) is 8.11. The minimum atomic E-state index is 0.514. The van der Waals surface area contributed by atoms with Crippen LogP contribution in [0.5, 0.6) is 0 Å². The van der Waals surface area contributed by atoms with Gasteiger partial charge in [0.2, 0.25) is 0 Å². The topological polar surface area (TPSA) is 61.7 Å². The Labute approximate surface area is 373 Å². The number of nitrogens with zero attached hydrogens (tertiary/aromatic N) is 5. The van der Waals surface area contributed by atoms with Gasteiger partial charge in [0.15, 0.2) is 17.5 Å². The van der Waals surface area contributed by atoms with Crippen LogP contribution in [0.15, 0.2) is 218 Å². The molecule has 13 aromatic rings. The van der Waals surface area contributed by atoms with Crippen LogP contribution in [0.4, 0.5) is 0 Å². The summed E-state index contributed by atoms with van der Waals surface area (Å²) in [5.41, 5.74) is 12.4. The fourth-order valence-corrected chi connectivity index (χ4v) is 9.76. The van der Waals surface area contributed by atoms with E-state index in [-0.39, 0.29) is 0 Å². The van der Waals surface area contributed by atoms with E-state index in [0.29, 0.717) is 23.1 Å². The summed E-state index contributed by atoms with van der Waals surface area (Å²) in [5.74, 6) is 1.63. The molecule has 0 atom stereocenters. The number of para-hydroxylation sites is 4. The van der Waals surface area contributed by atoms with Crippen molar-refractivity contribution >= 4 is 81.9 Å². The minimum absolute atomic E-state index is 0.514. The molecular weight excluding hydrogens is 795 g/mol. The van der Waals surface area contributed by atoms with Crippen molar-refractivity contribution in [2.75, 3.05) is 0 Å². The average molecular weight is 832 g/mol. The summed E-state index contributed by atoms with van der Waals surface area (Å²) < 4.78 is 11.6. The zero-order valence-corrected chi connectivity index (χ0v) is 35.1. The van der Waals surface area contributed by atoms with Crippen LogP contribution in [0, 0.1) is 0 Å². The van der Waals surface area contributed by atoms with E-state index < -0.39 is 0 Å². The average Bonchev–Trinajstić information content (AvgIpc) is 4.03. The first kappa shape index (κ1) is 36.8. The summed E-state index contributed by atoms with van der Waals surface area (Å²) in [4.78, 5) is 15.8. The molecule has 65 heavy (non-hydrogen) atoms. The Hall–Kier alpha value is -8.87. The number of furan rings is 1. The van der Waals surface area contributed by atoms with Gasteiger partial charge in [0.25, 0.3) is 0 Å². The molecule has 0 saturated carbocycles. The van der Waals surface area contributed by atoms with Crippen molar-refractivity contribution in [3.8, 4) is 45.5 Å². The van der Waals surface area contributed by atoms with E-state index in [9.17, 15) is 0 Å². The molecule has 0 aliphatic carbocycles. The van der Waals surface area contributed by atoms with Gasteiger partial charge < -0.3 is 13.6 Å². The highest BCUT2D eigenvalue weighted by Gasteiger charge is 2.24. The van der Waals surface area contributed by atoms with Gasteiger partial charge in [-0.25, -0.2) is 15.0 Å². The number of allylic oxidation sites excluding steroid dienone is 2. The summed E-state index contributed by atoms with van der Waals surface area (Å²) in [6.07, 6.45) is 1.77. The Morgan fingerprint density at radius 1 is 0.462 bits per heavy atom. The van der Waals surface area contributed by atoms with Crippen molar-refractivity contribution < 1.29 is 4.42 Å². The van der Waals surface area contributed by atoms with Gasteiger partial charge in [-0.05, 0) is 94.7 Å². The van der Waals surface area contributed by atoms with Crippen LogP contribution in [-0.2, 0) is 0 Å². The van der Waals surface area contributed by atoms with Crippen molar-refractivity contribution in [2.24, 2.45) is 0 Å². The van der Waals surface area contributed by atoms with Gasteiger partial charge in [0.1, 0.15) is 11.2 Å². The fraction of sp³-hybridized carbons (Fsp3) is 0. The number of rotatable bonds is 7. The highest BCUT2D eigenvalue weighted by molar-refractivity contribution is 6.18. The van der Waals surface area contributed by atoms with Gasteiger partial charge in [-0.1, -0.05) is 141 Å². The predicted molar refractivity (Wildman–Crippen MR) is 269 cm³/mol. The van der Waals surface area contributed by atoms with Crippen molar-refractivity contribution in [1.29, 1.82) is 0 Å². The first-order valence-electron chi connectivity index (χ1n) is 21.7. The number of benzene rings is 9. The normalized spacial score (nSPS) is 11.8. The van der Waals surface area contributed by atoms with Crippen LogP contribution < -0.4 is 0 Å². The van der Waals surface area contributed by atoms with Crippen molar-refractivity contribution in [3.05, 3.63) is 219 Å². The van der Waals surface area contributed by atoms with Crippen LogP contribution in [0.1, 0.15) is 5.56 Å². The molecule has 0 spiro atoms. The highest BCUT2D eigenvalue weighted by atomic mass is 16.3. The maximum atomic E-state index is 6.93. The maximum Gasteiger partial charge on any atom is 0.167 e. The summed E-state index contributed by atoms with van der Waals surface area (Å²) in [6.45, 7) is 8.09. The molecule has 0 amide bonds. The molecule has 6 heteroatoms. The van der Waals surface area contributed by atoms with Crippen LogP contribution in [-0.4, -0.2) is 24.1 Å². The third-order valence-electron chi connectivity index (χ3n) is 12.9. The molecule has 0 saturated heterocycles. The second-order valence-electron chi connectivity index (χ2n) is 16.5. The second kappa shape index (κ2) is 14.3. The highest BCUT2D eigenvalue weighted by Crippen LogP contribution is 2.43. The number of fused-ring (bicyclic) bond motifs is 10. The largest absolute Gasteiger partial charge is 0.455 e. The number of aromatic nitrogens is 5. The summed E-state index contributed by atoms with van der Waals surface area (Å²) in [7, 11) is 0. The standard InChI is InChI=1S/C59H37N5O/c1-3-36(2)37-25-27-38(28-26-37)57-60-58(41-29-31-51-47(34-41)43-19-9-12-22-49(43)63(51)42-17-5-4-6-18-42)62-59(61-57)46-30-32-52(55-45-21-11-14-24-54(45)65-56(46)55)64-50-23-13-10-20-44(50)48-33-39-15-7-8-16-40(39)35-53(48)64/h3-35H,1-2H2. The lowest BCUT2D eigenvalue weighted by Crippen LogP contribution is -2.01. The predicted octanol–water partition coefficient (Wildman–Crippen LogP) is 15.3. The van der Waals surface area contributed by atoms with Gasteiger partial charge in [-0.2, -0.15) is 0 Å². The molecule has 13 rings (SSSR count). The molecule has 0 radical (unpaired) electrons. The van der Waals surface area contributed by atoms with Gasteiger partial charge in [-0.15, -0.1) is 0 Å². The zero-order valence-electron chi connectivity index (χ0n) is 35.1. The summed E-state index contributed by atoms with van der Waals surface area (Å²) in [6, 6.07) is 68.1. The van der Waals surface area contributed by atoms with Gasteiger partial charge >= 0.3 is 0 Å². The fourth-order valence-electron chi connectivity index (χ4n) is 9.76. The first-order valence-corrected chi connectivity index (χ1v) is 21.7. The van der Waals surface area contributed by atoms with E-state index in [0.717, 1.165) is 88.4 Å². The van der Waals surface area contributed by atoms with Crippen LogP contribution in [0.3, 0.4) is 0 Å². The Morgan fingerprint density at radius 3 is 1.80 bits per heavy atom. The molecule has 0 N–H and O–H groups in total. The van der Waals surface area contributed by atoms with Crippen molar-refractivity contribution in [2.45, 2.75) is 0 Å². The summed E-state index contributed by atoms with van der Waals surface area (Å²) >= 11 is 0. The molecule has 0 aliphatic heterocycles. The van der Waals surface area contributed by atoms with Crippen molar-refractivity contribution in [1.82, 2.24) is 24.1 Å². The maximum absolute atomic E-state index is 6.93. The molecule has 4 heterocycles. The molecule has 0 bridgehead atoms. The first-order chi connectivity index (χ1) is 32.1. The third kappa shape index (κ3) is 5.71. The van der Waals surface area contributed by atoms with Crippen LogP contribution >= 0.6 is 0 Å². The smallest absolute Gasteiger partial charge is 0.167 e. The molecule has 0 unspecified atom stereocenters. The van der Waals surface area contributed by atoms with E-state index in [2.05, 4.69) is 174 Å². The van der Waals surface area contributed by atoms with Crippen molar-refractivity contribution in [3.63, 3.8) is 0 Å². The van der Waals surface area contributed by atoms with Crippen LogP contribution in [0.25, 0.3) is 127 Å². The van der Waals surface area contributed by atoms with E-state index in [1.807, 2.05) is 42.5 Å². The zero-order chi connectivity index (χ0) is 43.2. The lowest BCUT2D eigenvalue weighted by Gasteiger charge is -2.13. The molecule has 6 nitrogen and oxygen atoms in total. The Morgan fingerprint density at radius 2 is 1.05 bits per heavy atom. The SMILES string of the molecule is C=CC(=C)c1ccc(-c2nc(-c3ccc4c(c3)c3ccccc3n4-c3ccccc3)nc(-c3ccc(-n4c5ccccc5c5cc6ccccc6cc54)c4c3oc3ccccc34)n2)cc1. The Bertz CT molecular complexity index is 4100. The van der Waals surface area contributed by atoms with E-state index in [4.69, 9.17) is 19.4 Å². The van der Waals surface area contributed by atoms with E-state index >= 15 is 0 Å². The van der Waals surface area contributed by atoms with E-state index in [1.165, 1.54) is 21.5 Å². The monoisotopic (exact) mass is 831 g/mol. The van der Waals surface area contributed by atoms with Gasteiger partial charge in [-0.3, -0.25) is 0 Å². The molecule has 0 aliphatic rings. The lowest BCUT2D eigenvalue weighted by atomic mass is 10.0. The number of hydrogen-bond donors (Lipinski definition) is 0.